The van der Waals surface area contributed by atoms with Crippen molar-refractivity contribution in [3.05, 3.63) is 32.9 Å². The van der Waals surface area contributed by atoms with E-state index in [1.54, 1.807) is 26.8 Å². The Balaban J connectivity index is 3.53. The van der Waals surface area contributed by atoms with E-state index in [0.717, 1.165) is 5.56 Å². The van der Waals surface area contributed by atoms with Crippen molar-refractivity contribution >= 4 is 11.4 Å². The van der Waals surface area contributed by atoms with Crippen LogP contribution in [0.2, 0.25) is 0 Å². The number of nitro benzene ring substituents is 1. The van der Waals surface area contributed by atoms with Crippen LogP contribution in [-0.2, 0) is 0 Å². The van der Waals surface area contributed by atoms with Crippen LogP contribution >= 0.6 is 0 Å². The van der Waals surface area contributed by atoms with Gasteiger partial charge in [-0.3, -0.25) is 10.1 Å². The molecule has 0 aromatic heterocycles. The van der Waals surface area contributed by atoms with Crippen molar-refractivity contribution < 1.29 is 4.92 Å². The van der Waals surface area contributed by atoms with Gasteiger partial charge < -0.3 is 5.73 Å². The van der Waals surface area contributed by atoms with Gasteiger partial charge in [-0.25, -0.2) is 0 Å². The van der Waals surface area contributed by atoms with E-state index in [-0.39, 0.29) is 10.6 Å². The van der Waals surface area contributed by atoms with E-state index in [1.807, 2.05) is 0 Å². The van der Waals surface area contributed by atoms with Gasteiger partial charge in [0.15, 0.2) is 0 Å². The van der Waals surface area contributed by atoms with Gasteiger partial charge in [-0.2, -0.15) is 0 Å². The summed E-state index contributed by atoms with van der Waals surface area (Å²) in [4.78, 5) is 10.3. The van der Waals surface area contributed by atoms with Crippen LogP contribution in [0.15, 0.2) is 6.07 Å². The predicted molar refractivity (Wildman–Crippen MR) is 51.7 cm³/mol. The van der Waals surface area contributed by atoms with E-state index in [1.165, 1.54) is 0 Å². The molecule has 0 amide bonds. The van der Waals surface area contributed by atoms with Crippen molar-refractivity contribution in [2.24, 2.45) is 0 Å². The van der Waals surface area contributed by atoms with Gasteiger partial charge in [0.1, 0.15) is 0 Å². The zero-order chi connectivity index (χ0) is 10.2. The minimum Gasteiger partial charge on any atom is -0.398 e. The summed E-state index contributed by atoms with van der Waals surface area (Å²) in [6.07, 6.45) is 0. The molecule has 0 heterocycles. The molecule has 0 bridgehead atoms. The molecule has 70 valence electrons. The number of nitrogen functional groups attached to an aromatic ring is 1. The van der Waals surface area contributed by atoms with Crippen LogP contribution in [0.1, 0.15) is 16.7 Å². The van der Waals surface area contributed by atoms with Gasteiger partial charge in [-0.1, -0.05) is 0 Å². The molecule has 1 aromatic rings. The summed E-state index contributed by atoms with van der Waals surface area (Å²) in [6, 6.07) is 1.64. The summed E-state index contributed by atoms with van der Waals surface area (Å²) in [7, 11) is 0. The lowest BCUT2D eigenvalue weighted by molar-refractivity contribution is -0.386. The van der Waals surface area contributed by atoms with Crippen molar-refractivity contribution in [1.29, 1.82) is 0 Å². The second-order valence-corrected chi connectivity index (χ2v) is 3.14. The minimum atomic E-state index is -0.364. The zero-order valence-electron chi connectivity index (χ0n) is 7.92. The Hall–Kier alpha value is -1.58. The first kappa shape index (κ1) is 9.51. The third kappa shape index (κ3) is 1.47. The summed E-state index contributed by atoms with van der Waals surface area (Å²) in [5.41, 5.74) is 8.51. The molecule has 0 saturated carbocycles. The highest BCUT2D eigenvalue weighted by Crippen LogP contribution is 2.29. The average Bonchev–Trinajstić information content (AvgIpc) is 1.99. The van der Waals surface area contributed by atoms with Crippen molar-refractivity contribution in [2.45, 2.75) is 20.8 Å². The Kier molecular flexibility index (Phi) is 2.23. The number of nitro groups is 1. The minimum absolute atomic E-state index is 0.173. The Labute approximate surface area is 76.5 Å². The van der Waals surface area contributed by atoms with Crippen LogP contribution in [0.5, 0.6) is 0 Å². The maximum Gasteiger partial charge on any atom is 0.275 e. The van der Waals surface area contributed by atoms with E-state index < -0.39 is 0 Å². The molecule has 0 radical (unpaired) electrons. The lowest BCUT2D eigenvalue weighted by Gasteiger charge is -2.07. The van der Waals surface area contributed by atoms with E-state index in [2.05, 4.69) is 0 Å². The van der Waals surface area contributed by atoms with E-state index >= 15 is 0 Å². The number of hydrogen-bond donors (Lipinski definition) is 1. The predicted octanol–water partition coefficient (Wildman–Crippen LogP) is 2.10. The molecule has 0 saturated heterocycles. The Bertz CT molecular complexity index is 372. The first-order chi connectivity index (χ1) is 5.95. The monoisotopic (exact) mass is 180 g/mol. The summed E-state index contributed by atoms with van der Waals surface area (Å²) in [5.74, 6) is 0. The fourth-order valence-electron chi connectivity index (χ4n) is 1.38. The molecule has 4 heteroatoms. The lowest BCUT2D eigenvalue weighted by Crippen LogP contribution is -2.00. The number of benzene rings is 1. The number of nitrogens with zero attached hydrogens (tertiary/aromatic N) is 1. The van der Waals surface area contributed by atoms with E-state index in [0.29, 0.717) is 16.8 Å². The SMILES string of the molecule is Cc1cc(N)c(C)c(C)c1[N+](=O)[O-]. The van der Waals surface area contributed by atoms with E-state index in [9.17, 15) is 10.1 Å². The number of aryl methyl sites for hydroxylation is 1. The molecule has 0 unspecified atom stereocenters. The van der Waals surface area contributed by atoms with Gasteiger partial charge in [-0.15, -0.1) is 0 Å². The normalized spacial score (nSPS) is 10.1. The van der Waals surface area contributed by atoms with Gasteiger partial charge in [0, 0.05) is 16.8 Å². The van der Waals surface area contributed by atoms with Crippen molar-refractivity contribution in [1.82, 2.24) is 0 Å². The number of hydrogen-bond acceptors (Lipinski definition) is 3. The topological polar surface area (TPSA) is 69.2 Å². The fourth-order valence-corrected chi connectivity index (χ4v) is 1.38. The lowest BCUT2D eigenvalue weighted by atomic mass is 10.0. The third-order valence-corrected chi connectivity index (χ3v) is 2.28. The number of rotatable bonds is 1. The fraction of sp³-hybridized carbons (Fsp3) is 0.333. The van der Waals surface area contributed by atoms with Crippen LogP contribution < -0.4 is 5.73 Å². The molecule has 4 nitrogen and oxygen atoms in total. The molecule has 13 heavy (non-hydrogen) atoms. The molecular formula is C9H12N2O2. The van der Waals surface area contributed by atoms with Gasteiger partial charge in [0.25, 0.3) is 5.69 Å². The van der Waals surface area contributed by atoms with Crippen molar-refractivity contribution in [3.63, 3.8) is 0 Å². The summed E-state index contributed by atoms with van der Waals surface area (Å²) in [6.45, 7) is 5.20. The molecule has 0 spiro atoms. The second-order valence-electron chi connectivity index (χ2n) is 3.14. The van der Waals surface area contributed by atoms with Gasteiger partial charge in [0.2, 0.25) is 0 Å². The molecule has 0 aliphatic heterocycles. The number of nitrogens with two attached hydrogens (primary N) is 1. The molecule has 1 rings (SSSR count). The molecular weight excluding hydrogens is 168 g/mol. The first-order valence-corrected chi connectivity index (χ1v) is 3.95. The molecule has 0 aliphatic carbocycles. The van der Waals surface area contributed by atoms with E-state index in [4.69, 9.17) is 5.73 Å². The third-order valence-electron chi connectivity index (χ3n) is 2.28. The van der Waals surface area contributed by atoms with Crippen LogP contribution in [0.3, 0.4) is 0 Å². The molecule has 0 fully saturated rings. The van der Waals surface area contributed by atoms with Crippen LogP contribution in [-0.4, -0.2) is 4.92 Å². The zero-order valence-corrected chi connectivity index (χ0v) is 7.92. The number of anilines is 1. The molecule has 0 aliphatic rings. The van der Waals surface area contributed by atoms with Gasteiger partial charge >= 0.3 is 0 Å². The maximum atomic E-state index is 10.7. The van der Waals surface area contributed by atoms with Crippen molar-refractivity contribution in [2.75, 3.05) is 5.73 Å². The Morgan fingerprint density at radius 2 is 1.85 bits per heavy atom. The van der Waals surface area contributed by atoms with Crippen LogP contribution in [0.4, 0.5) is 11.4 Å². The van der Waals surface area contributed by atoms with Gasteiger partial charge in [0.05, 0.1) is 4.92 Å². The summed E-state index contributed by atoms with van der Waals surface area (Å²) in [5, 5.41) is 10.7. The highest BCUT2D eigenvalue weighted by Gasteiger charge is 2.17. The Morgan fingerprint density at radius 3 is 2.31 bits per heavy atom. The van der Waals surface area contributed by atoms with Gasteiger partial charge in [-0.05, 0) is 32.4 Å². The van der Waals surface area contributed by atoms with Crippen LogP contribution in [0.25, 0.3) is 0 Å². The standard InChI is InChI=1S/C9H12N2O2/c1-5-4-8(10)6(2)7(3)9(5)11(12)13/h4H,10H2,1-3H3. The van der Waals surface area contributed by atoms with Crippen LogP contribution in [0, 0.1) is 30.9 Å². The Morgan fingerprint density at radius 1 is 1.31 bits per heavy atom. The highest BCUT2D eigenvalue weighted by molar-refractivity contribution is 5.61. The van der Waals surface area contributed by atoms with Crippen molar-refractivity contribution in [3.8, 4) is 0 Å². The smallest absolute Gasteiger partial charge is 0.275 e. The quantitative estimate of drug-likeness (QED) is 0.408. The molecule has 0 atom stereocenters. The second kappa shape index (κ2) is 3.05. The average molecular weight is 180 g/mol. The maximum absolute atomic E-state index is 10.7. The highest BCUT2D eigenvalue weighted by atomic mass is 16.6. The first-order valence-electron chi connectivity index (χ1n) is 3.95. The summed E-state index contributed by atoms with van der Waals surface area (Å²) >= 11 is 0. The summed E-state index contributed by atoms with van der Waals surface area (Å²) < 4.78 is 0. The molecule has 1 aromatic carbocycles. The molecule has 2 N–H and O–H groups in total. The largest absolute Gasteiger partial charge is 0.398 e.